The summed E-state index contributed by atoms with van der Waals surface area (Å²) in [5.41, 5.74) is 1.45. The van der Waals surface area contributed by atoms with Gasteiger partial charge in [-0.05, 0) is 75.7 Å². The molecule has 0 saturated carbocycles. The molecular weight excluding hydrogens is 430 g/mol. The molecule has 0 amide bonds. The predicted octanol–water partition coefficient (Wildman–Crippen LogP) is 4.33. The van der Waals surface area contributed by atoms with Gasteiger partial charge < -0.3 is 5.11 Å². The number of rotatable bonds is 5. The van der Waals surface area contributed by atoms with Crippen LogP contribution in [0.1, 0.15) is 42.1 Å². The minimum atomic E-state index is -0.819. The van der Waals surface area contributed by atoms with Gasteiger partial charge in [-0.25, -0.2) is 4.79 Å². The molecule has 1 aromatic carbocycles. The molecule has 0 atom stereocenters. The number of hydrogen-bond donors (Lipinski definition) is 1. The lowest BCUT2D eigenvalue weighted by Gasteiger charge is -2.10. The summed E-state index contributed by atoms with van der Waals surface area (Å²) in [6, 6.07) is 3.59. The van der Waals surface area contributed by atoms with Crippen LogP contribution in [0.2, 0.25) is 0 Å². The number of carboxylic acid groups (broad SMARTS) is 1. The maximum Gasteiger partial charge on any atom is 0.336 e. The van der Waals surface area contributed by atoms with Crippen molar-refractivity contribution in [3.8, 4) is 0 Å². The first-order chi connectivity index (χ1) is 7.57. The molecule has 0 fully saturated rings. The van der Waals surface area contributed by atoms with Crippen molar-refractivity contribution in [2.24, 2.45) is 0 Å². The van der Waals surface area contributed by atoms with Gasteiger partial charge in [-0.15, -0.1) is 0 Å². The van der Waals surface area contributed by atoms with Gasteiger partial charge in [0.05, 0.1) is 5.56 Å². The van der Waals surface area contributed by atoms with Crippen LogP contribution in [0.4, 0.5) is 0 Å². The summed E-state index contributed by atoms with van der Waals surface area (Å²) >= 11 is 4.50. The second-order valence-electron chi connectivity index (χ2n) is 3.65. The van der Waals surface area contributed by atoms with Crippen molar-refractivity contribution in [2.45, 2.75) is 32.6 Å². The quantitative estimate of drug-likeness (QED) is 0.543. The minimum Gasteiger partial charge on any atom is -0.478 e. The molecule has 2 nitrogen and oxygen atoms in total. The van der Waals surface area contributed by atoms with Gasteiger partial charge in [-0.3, -0.25) is 0 Å². The zero-order valence-electron chi connectivity index (χ0n) is 9.09. The maximum atomic E-state index is 11.1. The lowest BCUT2D eigenvalue weighted by Crippen LogP contribution is -2.06. The summed E-state index contributed by atoms with van der Waals surface area (Å²) in [5.74, 6) is -0.819. The molecule has 0 aliphatic rings. The van der Waals surface area contributed by atoms with Crippen molar-refractivity contribution in [3.05, 3.63) is 30.4 Å². The van der Waals surface area contributed by atoms with E-state index in [0.717, 1.165) is 38.4 Å². The Labute approximate surface area is 123 Å². The first-order valence-electron chi connectivity index (χ1n) is 5.28. The number of benzene rings is 1. The summed E-state index contributed by atoms with van der Waals surface area (Å²) in [5, 5.41) is 9.13. The molecule has 0 unspecified atom stereocenters. The molecule has 0 radical (unpaired) electrons. The lowest BCUT2D eigenvalue weighted by molar-refractivity contribution is 0.0695. The third-order valence-corrected chi connectivity index (χ3v) is 5.62. The average Bonchev–Trinajstić information content (AvgIpc) is 2.24. The van der Waals surface area contributed by atoms with Crippen molar-refractivity contribution < 1.29 is 9.90 Å². The monoisotopic (exact) mass is 444 g/mol. The Morgan fingerprint density at radius 2 is 2.00 bits per heavy atom. The molecule has 0 bridgehead atoms. The van der Waals surface area contributed by atoms with Crippen LogP contribution < -0.4 is 0 Å². The highest BCUT2D eigenvalue weighted by Gasteiger charge is 2.14. The summed E-state index contributed by atoms with van der Waals surface area (Å²) in [7, 11) is 0. The fourth-order valence-corrected chi connectivity index (χ4v) is 2.83. The number of unbranched alkanes of at least 4 members (excludes halogenated alkanes) is 2. The number of halogens is 2. The van der Waals surface area contributed by atoms with E-state index in [9.17, 15) is 4.79 Å². The predicted molar refractivity (Wildman–Crippen MR) is 82.1 cm³/mol. The van der Waals surface area contributed by atoms with Gasteiger partial charge >= 0.3 is 5.97 Å². The molecule has 0 saturated heterocycles. The molecule has 0 aromatic heterocycles. The summed E-state index contributed by atoms with van der Waals surface area (Å²) < 4.78 is 2.23. The third kappa shape index (κ3) is 3.58. The van der Waals surface area contributed by atoms with Crippen LogP contribution in [0.25, 0.3) is 0 Å². The van der Waals surface area contributed by atoms with Crippen molar-refractivity contribution >= 4 is 51.2 Å². The lowest BCUT2D eigenvalue weighted by atomic mass is 10.0. The zero-order valence-corrected chi connectivity index (χ0v) is 13.4. The van der Waals surface area contributed by atoms with Crippen molar-refractivity contribution in [1.82, 2.24) is 0 Å². The molecule has 1 N–H and O–H groups in total. The van der Waals surface area contributed by atoms with Crippen LogP contribution in [0.5, 0.6) is 0 Å². The topological polar surface area (TPSA) is 37.3 Å². The summed E-state index contributed by atoms with van der Waals surface area (Å²) in [6.45, 7) is 2.15. The Bertz CT molecular complexity index is 389. The Morgan fingerprint density at radius 1 is 1.31 bits per heavy atom. The molecule has 0 aliphatic heterocycles. The van der Waals surface area contributed by atoms with E-state index in [2.05, 4.69) is 52.1 Å². The molecule has 16 heavy (non-hydrogen) atoms. The zero-order chi connectivity index (χ0) is 12.1. The van der Waals surface area contributed by atoms with E-state index < -0.39 is 5.97 Å². The average molecular weight is 444 g/mol. The smallest absolute Gasteiger partial charge is 0.336 e. The molecule has 0 spiro atoms. The minimum absolute atomic E-state index is 0.459. The van der Waals surface area contributed by atoms with Crippen LogP contribution in [0.3, 0.4) is 0 Å². The van der Waals surface area contributed by atoms with Crippen LogP contribution in [-0.2, 0) is 6.42 Å². The van der Waals surface area contributed by atoms with Crippen molar-refractivity contribution in [3.63, 3.8) is 0 Å². The summed E-state index contributed by atoms with van der Waals surface area (Å²) in [4.78, 5) is 11.1. The van der Waals surface area contributed by atoms with E-state index in [1.54, 1.807) is 6.07 Å². The largest absolute Gasteiger partial charge is 0.478 e. The number of carbonyl (C=O) groups is 1. The molecule has 1 rings (SSSR count). The highest BCUT2D eigenvalue weighted by Crippen LogP contribution is 2.25. The fraction of sp³-hybridized carbons (Fsp3) is 0.417. The highest BCUT2D eigenvalue weighted by molar-refractivity contribution is 14.1. The fourth-order valence-electron chi connectivity index (χ4n) is 1.59. The Balaban J connectivity index is 3.01. The SMILES string of the molecule is CCCCCc1c(C(=O)O)ccc(I)c1I. The van der Waals surface area contributed by atoms with E-state index >= 15 is 0 Å². The van der Waals surface area contributed by atoms with Gasteiger partial charge in [0.1, 0.15) is 0 Å². The van der Waals surface area contributed by atoms with E-state index in [0.29, 0.717) is 5.56 Å². The normalized spacial score (nSPS) is 10.4. The van der Waals surface area contributed by atoms with E-state index in [-0.39, 0.29) is 0 Å². The van der Waals surface area contributed by atoms with Gasteiger partial charge in [-0.2, -0.15) is 0 Å². The Hall–Kier alpha value is 0.150. The Kier molecular flexibility index (Phi) is 6.02. The van der Waals surface area contributed by atoms with E-state index in [4.69, 9.17) is 5.11 Å². The molecular formula is C12H14I2O2. The van der Waals surface area contributed by atoms with Gasteiger partial charge in [0.25, 0.3) is 0 Å². The van der Waals surface area contributed by atoms with E-state index in [1.165, 1.54) is 0 Å². The molecule has 4 heteroatoms. The van der Waals surface area contributed by atoms with Gasteiger partial charge in [0.15, 0.2) is 0 Å². The second-order valence-corrected chi connectivity index (χ2v) is 5.89. The second kappa shape index (κ2) is 6.78. The van der Waals surface area contributed by atoms with Crippen LogP contribution >= 0.6 is 45.2 Å². The molecule has 88 valence electrons. The number of aromatic carboxylic acids is 1. The third-order valence-electron chi connectivity index (χ3n) is 2.46. The first kappa shape index (κ1) is 14.2. The van der Waals surface area contributed by atoms with Crippen LogP contribution in [0, 0.1) is 7.14 Å². The molecule has 1 aromatic rings. The van der Waals surface area contributed by atoms with Crippen LogP contribution in [0.15, 0.2) is 12.1 Å². The van der Waals surface area contributed by atoms with Crippen LogP contribution in [-0.4, -0.2) is 11.1 Å². The first-order valence-corrected chi connectivity index (χ1v) is 7.43. The van der Waals surface area contributed by atoms with Gasteiger partial charge in [-0.1, -0.05) is 19.8 Å². The van der Waals surface area contributed by atoms with Gasteiger partial charge in [0.2, 0.25) is 0 Å². The summed E-state index contributed by atoms with van der Waals surface area (Å²) in [6.07, 6.45) is 4.24. The Morgan fingerprint density at radius 3 is 2.56 bits per heavy atom. The molecule has 0 heterocycles. The standard InChI is InChI=1S/C12H14I2O2/c1-2-3-4-5-8-9(12(15)16)6-7-10(13)11(8)14/h6-7H,2-5H2,1H3,(H,15,16). The molecule has 0 aliphatic carbocycles. The highest BCUT2D eigenvalue weighted by atomic mass is 127. The maximum absolute atomic E-state index is 11.1. The van der Waals surface area contributed by atoms with E-state index in [1.807, 2.05) is 6.07 Å². The van der Waals surface area contributed by atoms with Crippen molar-refractivity contribution in [2.75, 3.05) is 0 Å². The number of hydrogen-bond acceptors (Lipinski definition) is 1. The number of carboxylic acids is 1. The van der Waals surface area contributed by atoms with Gasteiger partial charge in [0, 0.05) is 7.14 Å². The van der Waals surface area contributed by atoms with Crippen molar-refractivity contribution in [1.29, 1.82) is 0 Å².